The number of fused-ring (bicyclic) bond motifs is 1. The summed E-state index contributed by atoms with van der Waals surface area (Å²) in [7, 11) is 2.14. The highest BCUT2D eigenvalue weighted by atomic mass is 15.1. The van der Waals surface area contributed by atoms with Gasteiger partial charge in [0.2, 0.25) is 0 Å². The Morgan fingerprint density at radius 2 is 2.55 bits per heavy atom. The average molecular weight is 151 g/mol. The van der Waals surface area contributed by atoms with E-state index >= 15 is 0 Å². The molecule has 60 valence electrons. The molecule has 1 aromatic heterocycles. The normalized spacial score (nSPS) is 25.1. The van der Waals surface area contributed by atoms with Crippen LogP contribution in [0.3, 0.4) is 0 Å². The monoisotopic (exact) mass is 151 g/mol. The van der Waals surface area contributed by atoms with E-state index in [1.165, 1.54) is 11.4 Å². The van der Waals surface area contributed by atoms with Crippen LogP contribution >= 0.6 is 0 Å². The van der Waals surface area contributed by atoms with Gasteiger partial charge in [-0.05, 0) is 7.05 Å². The number of hydrogen-bond acceptors (Lipinski definition) is 2. The molecule has 0 saturated carbocycles. The Hall–Kier alpha value is -0.830. The Bertz CT molecular complexity index is 254. The highest BCUT2D eigenvalue weighted by molar-refractivity contribution is 5.18. The zero-order chi connectivity index (χ0) is 7.84. The van der Waals surface area contributed by atoms with E-state index in [0.29, 0.717) is 5.92 Å². The van der Waals surface area contributed by atoms with E-state index in [1.807, 2.05) is 0 Å². The maximum Gasteiger partial charge on any atom is 0.0925 e. The first kappa shape index (κ1) is 6.85. The van der Waals surface area contributed by atoms with Crippen LogP contribution in [0.2, 0.25) is 0 Å². The number of rotatable bonds is 0. The second kappa shape index (κ2) is 2.34. The van der Waals surface area contributed by atoms with Crippen molar-refractivity contribution in [2.24, 2.45) is 0 Å². The van der Waals surface area contributed by atoms with Gasteiger partial charge in [0, 0.05) is 19.0 Å². The molecule has 0 radical (unpaired) electrons. The molecule has 2 heterocycles. The second-order valence-corrected chi connectivity index (χ2v) is 3.36. The first-order valence-electron chi connectivity index (χ1n) is 3.98. The van der Waals surface area contributed by atoms with E-state index in [1.54, 1.807) is 6.33 Å². The molecule has 1 aliphatic heterocycles. The predicted molar refractivity (Wildman–Crippen MR) is 43.3 cm³/mol. The number of nitrogens with one attached hydrogen (secondary N) is 1. The molecule has 0 bridgehead atoms. The zero-order valence-electron chi connectivity index (χ0n) is 6.96. The molecular formula is C8H13N3. The van der Waals surface area contributed by atoms with Gasteiger partial charge in [0.15, 0.2) is 0 Å². The van der Waals surface area contributed by atoms with Gasteiger partial charge in [0.25, 0.3) is 0 Å². The molecule has 0 aliphatic carbocycles. The van der Waals surface area contributed by atoms with Gasteiger partial charge in [-0.25, -0.2) is 4.98 Å². The lowest BCUT2D eigenvalue weighted by Gasteiger charge is -2.26. The summed E-state index contributed by atoms with van der Waals surface area (Å²) in [5.41, 5.74) is 2.54. The largest absolute Gasteiger partial charge is 0.347 e. The van der Waals surface area contributed by atoms with E-state index < -0.39 is 0 Å². The Morgan fingerprint density at radius 3 is 3.36 bits per heavy atom. The van der Waals surface area contributed by atoms with E-state index in [0.717, 1.165) is 13.1 Å². The van der Waals surface area contributed by atoms with Crippen LogP contribution in [-0.4, -0.2) is 28.5 Å². The predicted octanol–water partition coefficient (Wildman–Crippen LogP) is 0.959. The standard InChI is InChI=1S/C8H13N3/c1-6-3-11(2)4-7-8(6)10-5-9-7/h5-6H,3-4H2,1-2H3,(H,9,10). The minimum Gasteiger partial charge on any atom is -0.347 e. The fourth-order valence-corrected chi connectivity index (χ4v) is 1.77. The van der Waals surface area contributed by atoms with Crippen LogP contribution in [0.25, 0.3) is 0 Å². The first-order valence-corrected chi connectivity index (χ1v) is 3.98. The summed E-state index contributed by atoms with van der Waals surface area (Å²) in [4.78, 5) is 9.77. The molecule has 1 aliphatic rings. The van der Waals surface area contributed by atoms with Gasteiger partial charge in [-0.1, -0.05) is 6.92 Å². The van der Waals surface area contributed by atoms with Gasteiger partial charge in [-0.3, -0.25) is 4.90 Å². The third-order valence-electron chi connectivity index (χ3n) is 2.23. The van der Waals surface area contributed by atoms with Crippen molar-refractivity contribution in [3.63, 3.8) is 0 Å². The summed E-state index contributed by atoms with van der Waals surface area (Å²) >= 11 is 0. The molecule has 0 aromatic carbocycles. The Balaban J connectivity index is 2.36. The molecule has 0 spiro atoms. The molecule has 1 N–H and O–H groups in total. The molecule has 0 fully saturated rings. The van der Waals surface area contributed by atoms with Crippen molar-refractivity contribution in [1.82, 2.24) is 14.9 Å². The lowest BCUT2D eigenvalue weighted by Crippen LogP contribution is -2.29. The molecule has 1 atom stereocenters. The smallest absolute Gasteiger partial charge is 0.0925 e. The minimum absolute atomic E-state index is 0.579. The number of imidazole rings is 1. The highest BCUT2D eigenvalue weighted by Gasteiger charge is 2.21. The van der Waals surface area contributed by atoms with Crippen molar-refractivity contribution >= 4 is 0 Å². The maximum atomic E-state index is 4.29. The topological polar surface area (TPSA) is 31.9 Å². The van der Waals surface area contributed by atoms with Crippen LogP contribution in [0, 0.1) is 0 Å². The summed E-state index contributed by atoms with van der Waals surface area (Å²) in [6.45, 7) is 4.35. The van der Waals surface area contributed by atoms with Crippen LogP contribution in [0.4, 0.5) is 0 Å². The quantitative estimate of drug-likeness (QED) is 0.599. The Morgan fingerprint density at radius 1 is 1.73 bits per heavy atom. The lowest BCUT2D eigenvalue weighted by molar-refractivity contribution is 0.282. The molecule has 3 heteroatoms. The maximum absolute atomic E-state index is 4.29. The number of H-pyrrole nitrogens is 1. The SMILES string of the molecule is CC1CN(C)Cc2[nH]cnc21. The third kappa shape index (κ3) is 1.05. The summed E-state index contributed by atoms with van der Waals surface area (Å²) < 4.78 is 0. The molecule has 2 rings (SSSR count). The first-order chi connectivity index (χ1) is 5.27. The van der Waals surface area contributed by atoms with Crippen LogP contribution in [0.5, 0.6) is 0 Å². The van der Waals surface area contributed by atoms with E-state index in [9.17, 15) is 0 Å². The number of hydrogen-bond donors (Lipinski definition) is 1. The van der Waals surface area contributed by atoms with Crippen LogP contribution in [0.1, 0.15) is 24.2 Å². The van der Waals surface area contributed by atoms with Gasteiger partial charge in [-0.2, -0.15) is 0 Å². The van der Waals surface area contributed by atoms with Crippen molar-refractivity contribution in [3.05, 3.63) is 17.7 Å². The Labute approximate surface area is 66.4 Å². The van der Waals surface area contributed by atoms with Gasteiger partial charge in [0.05, 0.1) is 17.7 Å². The highest BCUT2D eigenvalue weighted by Crippen LogP contribution is 2.23. The zero-order valence-corrected chi connectivity index (χ0v) is 6.96. The van der Waals surface area contributed by atoms with Gasteiger partial charge in [0.1, 0.15) is 0 Å². The van der Waals surface area contributed by atoms with Gasteiger partial charge < -0.3 is 4.98 Å². The molecule has 0 amide bonds. The Kier molecular flexibility index (Phi) is 1.46. The van der Waals surface area contributed by atoms with Crippen molar-refractivity contribution in [3.8, 4) is 0 Å². The number of nitrogens with zero attached hydrogens (tertiary/aromatic N) is 2. The van der Waals surface area contributed by atoms with Crippen LogP contribution in [0.15, 0.2) is 6.33 Å². The van der Waals surface area contributed by atoms with E-state index in [4.69, 9.17) is 0 Å². The van der Waals surface area contributed by atoms with E-state index in [2.05, 4.69) is 28.8 Å². The van der Waals surface area contributed by atoms with Gasteiger partial charge in [-0.15, -0.1) is 0 Å². The molecular weight excluding hydrogens is 138 g/mol. The van der Waals surface area contributed by atoms with Crippen LogP contribution in [-0.2, 0) is 6.54 Å². The van der Waals surface area contributed by atoms with E-state index in [-0.39, 0.29) is 0 Å². The molecule has 11 heavy (non-hydrogen) atoms. The summed E-state index contributed by atoms with van der Waals surface area (Å²) in [5.74, 6) is 0.579. The number of aromatic nitrogens is 2. The van der Waals surface area contributed by atoms with Gasteiger partial charge >= 0.3 is 0 Å². The fraction of sp³-hybridized carbons (Fsp3) is 0.625. The summed E-state index contributed by atoms with van der Waals surface area (Å²) in [6, 6.07) is 0. The summed E-state index contributed by atoms with van der Waals surface area (Å²) in [5, 5.41) is 0. The summed E-state index contributed by atoms with van der Waals surface area (Å²) in [6.07, 6.45) is 1.79. The van der Waals surface area contributed by atoms with Crippen molar-refractivity contribution in [1.29, 1.82) is 0 Å². The number of aromatic amines is 1. The van der Waals surface area contributed by atoms with Crippen molar-refractivity contribution in [2.75, 3.05) is 13.6 Å². The molecule has 1 unspecified atom stereocenters. The lowest BCUT2D eigenvalue weighted by atomic mass is 10.0. The second-order valence-electron chi connectivity index (χ2n) is 3.36. The third-order valence-corrected chi connectivity index (χ3v) is 2.23. The molecule has 0 saturated heterocycles. The van der Waals surface area contributed by atoms with Crippen molar-refractivity contribution in [2.45, 2.75) is 19.4 Å². The average Bonchev–Trinajstić information content (AvgIpc) is 2.34. The molecule has 1 aromatic rings. The van der Waals surface area contributed by atoms with Crippen LogP contribution < -0.4 is 0 Å². The number of likely N-dealkylation sites (N-methyl/N-ethyl adjacent to an activating group) is 1. The minimum atomic E-state index is 0.579. The molecule has 3 nitrogen and oxygen atoms in total. The fourth-order valence-electron chi connectivity index (χ4n) is 1.77. The van der Waals surface area contributed by atoms with Crippen molar-refractivity contribution < 1.29 is 0 Å².